The molecule has 0 radical (unpaired) electrons. The summed E-state index contributed by atoms with van der Waals surface area (Å²) in [5.74, 6) is 0.713. The van der Waals surface area contributed by atoms with Crippen molar-refractivity contribution in [3.05, 3.63) is 58.0 Å². The number of carbonyl (C=O) groups is 1. The number of aromatic nitrogens is 3. The molecule has 7 nitrogen and oxygen atoms in total. The Morgan fingerprint density at radius 2 is 2.00 bits per heavy atom. The first-order chi connectivity index (χ1) is 15.7. The maximum atomic E-state index is 13.4. The molecule has 168 valence electrons. The molecule has 3 heterocycles. The Kier molecular flexibility index (Phi) is 6.42. The molecule has 10 heteroatoms. The van der Waals surface area contributed by atoms with Crippen molar-refractivity contribution < 1.29 is 13.9 Å². The third-order valence-electron chi connectivity index (χ3n) is 5.52. The number of anilines is 1. The van der Waals surface area contributed by atoms with Crippen molar-refractivity contribution in [2.24, 2.45) is 0 Å². The summed E-state index contributed by atoms with van der Waals surface area (Å²) in [4.78, 5) is 16.1. The lowest BCUT2D eigenvalue weighted by molar-refractivity contribution is -0.119. The summed E-state index contributed by atoms with van der Waals surface area (Å²) in [6, 6.07) is 10.3. The van der Waals surface area contributed by atoms with E-state index in [1.807, 2.05) is 17.5 Å². The molecular formula is C22H24FN5O2S2. The largest absolute Gasteiger partial charge is 0.378 e. The molecule has 1 unspecified atom stereocenters. The molecule has 2 aliphatic rings. The van der Waals surface area contributed by atoms with E-state index in [0.29, 0.717) is 19.3 Å². The molecule has 2 fully saturated rings. The summed E-state index contributed by atoms with van der Waals surface area (Å²) < 4.78 is 21.0. The minimum Gasteiger partial charge on any atom is -0.378 e. The molecule has 1 saturated heterocycles. The first-order valence-electron chi connectivity index (χ1n) is 10.7. The molecule has 0 bridgehead atoms. The normalized spacial score (nSPS) is 17.3. The topological polar surface area (TPSA) is 72.3 Å². The predicted molar refractivity (Wildman–Crippen MR) is 123 cm³/mol. The van der Waals surface area contributed by atoms with E-state index in [-0.39, 0.29) is 23.5 Å². The Morgan fingerprint density at radius 3 is 2.69 bits per heavy atom. The highest BCUT2D eigenvalue weighted by molar-refractivity contribution is 7.99. The molecule has 3 aromatic rings. The van der Waals surface area contributed by atoms with E-state index in [4.69, 9.17) is 4.74 Å². The number of benzene rings is 1. The van der Waals surface area contributed by atoms with E-state index in [1.165, 1.54) is 23.9 Å². The molecule has 1 saturated carbocycles. The standard InChI is InChI=1S/C22H24FN5O2S2/c23-16-5-3-15(4-6-16)20(18-2-1-13-31-18)24-19(29)14-32-22-26-25-21(28(22)17-7-8-17)27-9-11-30-12-10-27/h1-6,13,17,20H,7-12,14H2,(H,24,29). The molecule has 1 aliphatic heterocycles. The fourth-order valence-electron chi connectivity index (χ4n) is 3.76. The number of morpholine rings is 1. The lowest BCUT2D eigenvalue weighted by Gasteiger charge is -2.27. The molecule has 32 heavy (non-hydrogen) atoms. The Balaban J connectivity index is 1.28. The number of ether oxygens (including phenoxy) is 1. The van der Waals surface area contributed by atoms with Gasteiger partial charge in [0, 0.05) is 24.0 Å². The van der Waals surface area contributed by atoms with Crippen molar-refractivity contribution in [3.8, 4) is 0 Å². The van der Waals surface area contributed by atoms with Crippen LogP contribution in [-0.2, 0) is 9.53 Å². The zero-order valence-corrected chi connectivity index (χ0v) is 19.1. The van der Waals surface area contributed by atoms with Crippen molar-refractivity contribution in [1.29, 1.82) is 0 Å². The number of thioether (sulfide) groups is 1. The quantitative estimate of drug-likeness (QED) is 0.504. The molecule has 0 spiro atoms. The zero-order chi connectivity index (χ0) is 21.9. The second-order valence-electron chi connectivity index (χ2n) is 7.84. The van der Waals surface area contributed by atoms with Gasteiger partial charge >= 0.3 is 0 Å². The van der Waals surface area contributed by atoms with Crippen LogP contribution in [0, 0.1) is 5.82 Å². The van der Waals surface area contributed by atoms with Gasteiger partial charge in [-0.3, -0.25) is 9.36 Å². The second-order valence-corrected chi connectivity index (χ2v) is 9.76. The summed E-state index contributed by atoms with van der Waals surface area (Å²) in [7, 11) is 0. The van der Waals surface area contributed by atoms with E-state index >= 15 is 0 Å². The van der Waals surface area contributed by atoms with E-state index in [2.05, 4.69) is 25.0 Å². The van der Waals surface area contributed by atoms with Crippen molar-refractivity contribution in [2.75, 3.05) is 37.0 Å². The van der Waals surface area contributed by atoms with Gasteiger partial charge in [0.1, 0.15) is 5.82 Å². The van der Waals surface area contributed by atoms with Gasteiger partial charge in [-0.05, 0) is 42.0 Å². The van der Waals surface area contributed by atoms with Gasteiger partial charge < -0.3 is 15.0 Å². The van der Waals surface area contributed by atoms with Gasteiger partial charge in [0.25, 0.3) is 0 Å². The summed E-state index contributed by atoms with van der Waals surface area (Å²) in [6.45, 7) is 2.98. The third-order valence-corrected chi connectivity index (χ3v) is 7.40. The predicted octanol–water partition coefficient (Wildman–Crippen LogP) is 3.65. The molecule has 5 rings (SSSR count). The number of hydrogen-bond acceptors (Lipinski definition) is 7. The van der Waals surface area contributed by atoms with Crippen LogP contribution in [0.25, 0.3) is 0 Å². The molecule has 2 aromatic heterocycles. The summed E-state index contributed by atoms with van der Waals surface area (Å²) in [5.41, 5.74) is 0.850. The fraction of sp³-hybridized carbons (Fsp3) is 0.409. The van der Waals surface area contributed by atoms with Gasteiger partial charge in [0.2, 0.25) is 11.9 Å². The minimum absolute atomic E-state index is 0.101. The molecule has 1 aliphatic carbocycles. The molecule has 1 atom stereocenters. The minimum atomic E-state index is -0.311. The average Bonchev–Trinajstić information content (AvgIpc) is 3.33. The van der Waals surface area contributed by atoms with Gasteiger partial charge in [0.05, 0.1) is 25.0 Å². The van der Waals surface area contributed by atoms with Crippen LogP contribution in [0.3, 0.4) is 0 Å². The number of amides is 1. The zero-order valence-electron chi connectivity index (χ0n) is 17.4. The number of hydrogen-bond donors (Lipinski definition) is 1. The summed E-state index contributed by atoms with van der Waals surface area (Å²) in [6.07, 6.45) is 2.22. The molecular weight excluding hydrogens is 449 g/mol. The lowest BCUT2D eigenvalue weighted by atomic mass is 10.1. The third kappa shape index (κ3) is 4.82. The highest BCUT2D eigenvalue weighted by Crippen LogP contribution is 2.41. The summed E-state index contributed by atoms with van der Waals surface area (Å²) in [5, 5.41) is 14.7. The van der Waals surface area contributed by atoms with E-state index in [0.717, 1.165) is 47.5 Å². The van der Waals surface area contributed by atoms with Crippen molar-refractivity contribution >= 4 is 35.0 Å². The van der Waals surface area contributed by atoms with Crippen LogP contribution in [0.4, 0.5) is 10.3 Å². The van der Waals surface area contributed by atoms with Crippen LogP contribution >= 0.6 is 23.1 Å². The first kappa shape index (κ1) is 21.4. The van der Waals surface area contributed by atoms with Crippen LogP contribution in [0.15, 0.2) is 46.9 Å². The van der Waals surface area contributed by atoms with Gasteiger partial charge in [-0.1, -0.05) is 30.0 Å². The van der Waals surface area contributed by atoms with Crippen LogP contribution < -0.4 is 10.2 Å². The number of nitrogens with zero attached hydrogens (tertiary/aromatic N) is 4. The van der Waals surface area contributed by atoms with Crippen molar-refractivity contribution in [3.63, 3.8) is 0 Å². The maximum Gasteiger partial charge on any atom is 0.231 e. The first-order valence-corrected chi connectivity index (χ1v) is 12.5. The number of carbonyl (C=O) groups excluding carboxylic acids is 1. The fourth-order valence-corrected chi connectivity index (χ4v) is 5.38. The van der Waals surface area contributed by atoms with Crippen molar-refractivity contribution in [2.45, 2.75) is 30.1 Å². The summed E-state index contributed by atoms with van der Waals surface area (Å²) >= 11 is 2.97. The van der Waals surface area contributed by atoms with Crippen molar-refractivity contribution in [1.82, 2.24) is 20.1 Å². The maximum absolute atomic E-state index is 13.4. The van der Waals surface area contributed by atoms with Gasteiger partial charge in [-0.25, -0.2) is 4.39 Å². The number of nitrogens with one attached hydrogen (secondary N) is 1. The van der Waals surface area contributed by atoms with Gasteiger partial charge in [-0.2, -0.15) is 0 Å². The van der Waals surface area contributed by atoms with Crippen LogP contribution in [0.1, 0.15) is 35.4 Å². The highest BCUT2D eigenvalue weighted by Gasteiger charge is 2.32. The monoisotopic (exact) mass is 473 g/mol. The van der Waals surface area contributed by atoms with Crippen LogP contribution in [0.5, 0.6) is 0 Å². The van der Waals surface area contributed by atoms with Crippen LogP contribution in [-0.4, -0.2) is 52.7 Å². The van der Waals surface area contributed by atoms with Gasteiger partial charge in [0.15, 0.2) is 5.16 Å². The number of halogens is 1. The molecule has 1 amide bonds. The Hall–Kier alpha value is -2.43. The Morgan fingerprint density at radius 1 is 1.22 bits per heavy atom. The Labute approximate surface area is 194 Å². The average molecular weight is 474 g/mol. The lowest BCUT2D eigenvalue weighted by Crippen LogP contribution is -2.38. The van der Waals surface area contributed by atoms with Gasteiger partial charge in [-0.15, -0.1) is 21.5 Å². The van der Waals surface area contributed by atoms with E-state index < -0.39 is 0 Å². The van der Waals surface area contributed by atoms with Crippen LogP contribution in [0.2, 0.25) is 0 Å². The van der Waals surface area contributed by atoms with E-state index in [1.54, 1.807) is 23.5 Å². The highest BCUT2D eigenvalue weighted by atomic mass is 32.2. The second kappa shape index (κ2) is 9.60. The van der Waals surface area contributed by atoms with E-state index in [9.17, 15) is 9.18 Å². The number of rotatable bonds is 8. The Bertz CT molecular complexity index is 1050. The molecule has 1 N–H and O–H groups in total. The smallest absolute Gasteiger partial charge is 0.231 e. The molecule has 1 aromatic carbocycles. The SMILES string of the molecule is O=C(CSc1nnc(N2CCOCC2)n1C1CC1)NC(c1ccc(F)cc1)c1cccs1. The number of thiophene rings is 1.